The summed E-state index contributed by atoms with van der Waals surface area (Å²) < 4.78 is 7.28. The van der Waals surface area contributed by atoms with Crippen molar-refractivity contribution in [3.8, 4) is 0 Å². The number of hydrogen-bond donors (Lipinski definition) is 2. The summed E-state index contributed by atoms with van der Waals surface area (Å²) in [4.78, 5) is 16.7. The van der Waals surface area contributed by atoms with Crippen LogP contribution in [0.1, 0.15) is 16.7 Å². The molecule has 0 spiro atoms. The van der Waals surface area contributed by atoms with Crippen molar-refractivity contribution in [1.29, 1.82) is 0 Å². The fraction of sp³-hybridized carbons (Fsp3) is 0.333. The molecular formula is C21H26N4O2. The van der Waals surface area contributed by atoms with Gasteiger partial charge < -0.3 is 19.9 Å². The first-order valence-electron chi connectivity index (χ1n) is 9.13. The summed E-state index contributed by atoms with van der Waals surface area (Å²) >= 11 is 0. The van der Waals surface area contributed by atoms with E-state index in [0.717, 1.165) is 40.8 Å². The number of benzene rings is 1. The number of fused-ring (bicyclic) bond motifs is 1. The second kappa shape index (κ2) is 8.68. The molecule has 0 aliphatic heterocycles. The largest absolute Gasteiger partial charge is 0.383 e. The van der Waals surface area contributed by atoms with E-state index in [4.69, 9.17) is 4.74 Å². The van der Waals surface area contributed by atoms with Crippen LogP contribution in [0.2, 0.25) is 0 Å². The number of nitrogens with one attached hydrogen (secondary N) is 2. The topological polar surface area (TPSA) is 68.2 Å². The molecule has 3 aromatic rings. The number of urea groups is 1. The van der Waals surface area contributed by atoms with Gasteiger partial charge in [-0.05, 0) is 55.2 Å². The first-order valence-corrected chi connectivity index (χ1v) is 9.13. The van der Waals surface area contributed by atoms with E-state index in [0.29, 0.717) is 13.2 Å². The van der Waals surface area contributed by atoms with Gasteiger partial charge in [0.25, 0.3) is 0 Å². The molecule has 27 heavy (non-hydrogen) atoms. The molecule has 6 heteroatoms. The molecule has 3 rings (SSSR count). The molecule has 0 aliphatic carbocycles. The van der Waals surface area contributed by atoms with Crippen LogP contribution < -0.4 is 10.6 Å². The van der Waals surface area contributed by atoms with Crippen molar-refractivity contribution in [3.05, 3.63) is 59.4 Å². The molecule has 0 radical (unpaired) electrons. The average Bonchev–Trinajstić information content (AvgIpc) is 3.02. The van der Waals surface area contributed by atoms with E-state index in [1.54, 1.807) is 13.3 Å². The number of ether oxygens (including phenoxy) is 1. The van der Waals surface area contributed by atoms with E-state index < -0.39 is 0 Å². The molecule has 0 unspecified atom stereocenters. The van der Waals surface area contributed by atoms with Crippen LogP contribution >= 0.6 is 0 Å². The average molecular weight is 366 g/mol. The van der Waals surface area contributed by atoms with E-state index >= 15 is 0 Å². The van der Waals surface area contributed by atoms with Crippen LogP contribution in [0.4, 0.5) is 10.5 Å². The third-order valence-electron chi connectivity index (χ3n) is 4.79. The zero-order chi connectivity index (χ0) is 19.2. The second-order valence-corrected chi connectivity index (χ2v) is 6.59. The predicted molar refractivity (Wildman–Crippen MR) is 108 cm³/mol. The molecule has 1 aromatic carbocycles. The second-order valence-electron chi connectivity index (χ2n) is 6.59. The number of pyridine rings is 1. The maximum absolute atomic E-state index is 12.2. The van der Waals surface area contributed by atoms with Crippen molar-refractivity contribution in [3.63, 3.8) is 0 Å². The third kappa shape index (κ3) is 4.46. The van der Waals surface area contributed by atoms with Crippen molar-refractivity contribution in [2.75, 3.05) is 25.6 Å². The minimum atomic E-state index is -0.190. The fourth-order valence-corrected chi connectivity index (χ4v) is 3.12. The summed E-state index contributed by atoms with van der Waals surface area (Å²) in [6.45, 7) is 5.98. The number of aryl methyl sites for hydroxylation is 1. The van der Waals surface area contributed by atoms with Crippen LogP contribution in [0.15, 0.2) is 42.7 Å². The van der Waals surface area contributed by atoms with Gasteiger partial charge in [0.1, 0.15) is 5.65 Å². The monoisotopic (exact) mass is 366 g/mol. The van der Waals surface area contributed by atoms with Crippen LogP contribution in [0.25, 0.3) is 11.0 Å². The highest BCUT2D eigenvalue weighted by Gasteiger charge is 2.10. The standard InChI is InChI=1S/C21H26N4O2/c1-15-6-4-8-19(16(15)2)24-21(26)23-11-9-17-14-25(12-13-27-3)20-18(17)7-5-10-22-20/h4-8,10,14H,9,11-13H2,1-3H3,(H2,23,24,26). The van der Waals surface area contributed by atoms with E-state index in [1.165, 1.54) is 5.56 Å². The van der Waals surface area contributed by atoms with Crippen LogP contribution in [0.5, 0.6) is 0 Å². The fourth-order valence-electron chi connectivity index (χ4n) is 3.12. The molecular weight excluding hydrogens is 340 g/mol. The Bertz CT molecular complexity index is 933. The molecule has 2 amide bonds. The Kier molecular flexibility index (Phi) is 6.08. The van der Waals surface area contributed by atoms with E-state index in [9.17, 15) is 4.79 Å². The van der Waals surface area contributed by atoms with Gasteiger partial charge in [0, 0.05) is 43.7 Å². The molecule has 0 fully saturated rings. The van der Waals surface area contributed by atoms with Gasteiger partial charge in [-0.2, -0.15) is 0 Å². The predicted octanol–water partition coefficient (Wildman–Crippen LogP) is 3.66. The van der Waals surface area contributed by atoms with Gasteiger partial charge in [-0.1, -0.05) is 12.1 Å². The van der Waals surface area contributed by atoms with Crippen molar-refractivity contribution < 1.29 is 9.53 Å². The van der Waals surface area contributed by atoms with Crippen LogP contribution in [0.3, 0.4) is 0 Å². The molecule has 6 nitrogen and oxygen atoms in total. The first-order chi connectivity index (χ1) is 13.1. The zero-order valence-electron chi connectivity index (χ0n) is 16.1. The smallest absolute Gasteiger partial charge is 0.319 e. The summed E-state index contributed by atoms with van der Waals surface area (Å²) in [6.07, 6.45) is 4.63. The highest BCUT2D eigenvalue weighted by atomic mass is 16.5. The number of carbonyl (C=O) groups is 1. The van der Waals surface area contributed by atoms with Crippen molar-refractivity contribution in [2.45, 2.75) is 26.8 Å². The number of anilines is 1. The molecule has 2 N–H and O–H groups in total. The summed E-state index contributed by atoms with van der Waals surface area (Å²) in [6, 6.07) is 9.71. The number of methoxy groups -OCH3 is 1. The van der Waals surface area contributed by atoms with Crippen molar-refractivity contribution in [2.24, 2.45) is 0 Å². The highest BCUT2D eigenvalue weighted by molar-refractivity contribution is 5.90. The Morgan fingerprint density at radius 2 is 2.07 bits per heavy atom. The van der Waals surface area contributed by atoms with Gasteiger partial charge in [-0.15, -0.1) is 0 Å². The SMILES string of the molecule is COCCn1cc(CCNC(=O)Nc2cccc(C)c2C)c2cccnc21. The van der Waals surface area contributed by atoms with Crippen molar-refractivity contribution >= 4 is 22.8 Å². The lowest BCUT2D eigenvalue weighted by molar-refractivity contribution is 0.188. The maximum Gasteiger partial charge on any atom is 0.319 e. The summed E-state index contributed by atoms with van der Waals surface area (Å²) in [5.41, 5.74) is 5.20. The normalized spacial score (nSPS) is 10.9. The molecule has 2 aromatic heterocycles. The minimum absolute atomic E-state index is 0.190. The van der Waals surface area contributed by atoms with Gasteiger partial charge in [0.2, 0.25) is 0 Å². The third-order valence-corrected chi connectivity index (χ3v) is 4.79. The Hall–Kier alpha value is -2.86. The number of aromatic nitrogens is 2. The van der Waals surface area contributed by atoms with Crippen LogP contribution in [-0.4, -0.2) is 35.8 Å². The Morgan fingerprint density at radius 1 is 1.22 bits per heavy atom. The molecule has 0 saturated carbocycles. The van der Waals surface area contributed by atoms with Gasteiger partial charge in [-0.25, -0.2) is 9.78 Å². The van der Waals surface area contributed by atoms with Gasteiger partial charge in [0.05, 0.1) is 6.61 Å². The Balaban J connectivity index is 1.61. The van der Waals surface area contributed by atoms with Gasteiger partial charge >= 0.3 is 6.03 Å². The molecule has 0 atom stereocenters. The van der Waals surface area contributed by atoms with Gasteiger partial charge in [-0.3, -0.25) is 0 Å². The lowest BCUT2D eigenvalue weighted by Gasteiger charge is -2.11. The summed E-state index contributed by atoms with van der Waals surface area (Å²) in [5, 5.41) is 6.98. The maximum atomic E-state index is 12.2. The highest BCUT2D eigenvalue weighted by Crippen LogP contribution is 2.20. The minimum Gasteiger partial charge on any atom is -0.383 e. The summed E-state index contributed by atoms with van der Waals surface area (Å²) in [5.74, 6) is 0. The number of rotatable bonds is 7. The lowest BCUT2D eigenvalue weighted by atomic mass is 10.1. The number of amides is 2. The lowest BCUT2D eigenvalue weighted by Crippen LogP contribution is -2.30. The van der Waals surface area contributed by atoms with E-state index in [-0.39, 0.29) is 6.03 Å². The number of carbonyl (C=O) groups excluding carboxylic acids is 1. The molecule has 2 heterocycles. The first kappa shape index (κ1) is 18.9. The van der Waals surface area contributed by atoms with Crippen LogP contribution in [0, 0.1) is 13.8 Å². The molecule has 0 saturated heterocycles. The molecule has 142 valence electrons. The Morgan fingerprint density at radius 3 is 2.89 bits per heavy atom. The molecule has 0 aliphatic rings. The Labute approximate surface area is 159 Å². The van der Waals surface area contributed by atoms with E-state index in [2.05, 4.69) is 32.4 Å². The quantitative estimate of drug-likeness (QED) is 0.670. The summed E-state index contributed by atoms with van der Waals surface area (Å²) in [7, 11) is 1.69. The van der Waals surface area contributed by atoms with Crippen molar-refractivity contribution in [1.82, 2.24) is 14.9 Å². The number of nitrogens with zero attached hydrogens (tertiary/aromatic N) is 2. The molecule has 0 bridgehead atoms. The number of hydrogen-bond acceptors (Lipinski definition) is 3. The van der Waals surface area contributed by atoms with Gasteiger partial charge in [0.15, 0.2) is 0 Å². The van der Waals surface area contributed by atoms with Crippen LogP contribution in [-0.2, 0) is 17.7 Å². The van der Waals surface area contributed by atoms with E-state index in [1.807, 2.05) is 38.1 Å². The zero-order valence-corrected chi connectivity index (χ0v) is 16.1.